The fourth-order valence-electron chi connectivity index (χ4n) is 2.22. The van der Waals surface area contributed by atoms with Gasteiger partial charge in [-0.2, -0.15) is 5.26 Å². The van der Waals surface area contributed by atoms with Gasteiger partial charge in [0.15, 0.2) is 0 Å². The molecule has 0 spiro atoms. The predicted molar refractivity (Wildman–Crippen MR) is 82.9 cm³/mol. The van der Waals surface area contributed by atoms with E-state index in [1.807, 2.05) is 28.1 Å². The summed E-state index contributed by atoms with van der Waals surface area (Å²) >= 11 is 1.63. The zero-order chi connectivity index (χ0) is 14.4. The van der Waals surface area contributed by atoms with Crippen LogP contribution in [-0.4, -0.2) is 4.57 Å². The van der Waals surface area contributed by atoms with Crippen LogP contribution in [0.5, 0.6) is 0 Å². The fraction of sp³-hybridized carbons (Fsp3) is 0.375. The first-order chi connectivity index (χ1) is 9.77. The second kappa shape index (κ2) is 7.06. The van der Waals surface area contributed by atoms with Crippen molar-refractivity contribution in [3.05, 3.63) is 45.6 Å². The molecule has 0 radical (unpaired) electrons. The van der Waals surface area contributed by atoms with E-state index in [-0.39, 0.29) is 12.0 Å². The van der Waals surface area contributed by atoms with Crippen LogP contribution in [0.2, 0.25) is 0 Å². The highest BCUT2D eigenvalue weighted by Crippen LogP contribution is 2.24. The lowest BCUT2D eigenvalue weighted by atomic mass is 10.1. The summed E-state index contributed by atoms with van der Waals surface area (Å²) in [5, 5.41) is 10.8. The monoisotopic (exact) mass is 286 g/mol. The fourth-order valence-corrected chi connectivity index (χ4v) is 2.98. The first-order valence-corrected chi connectivity index (χ1v) is 7.79. The summed E-state index contributed by atoms with van der Waals surface area (Å²) < 4.78 is 1.83. The highest BCUT2D eigenvalue weighted by molar-refractivity contribution is 7.13. The first-order valence-electron chi connectivity index (χ1n) is 6.91. The van der Waals surface area contributed by atoms with Gasteiger partial charge in [0.2, 0.25) is 0 Å². The van der Waals surface area contributed by atoms with Gasteiger partial charge in [0.1, 0.15) is 0 Å². The van der Waals surface area contributed by atoms with Gasteiger partial charge < -0.3 is 4.57 Å². The highest BCUT2D eigenvalue weighted by Gasteiger charge is 2.10. The molecule has 3 nitrogen and oxygen atoms in total. The molecule has 0 amide bonds. The maximum absolute atomic E-state index is 12.5. The van der Waals surface area contributed by atoms with Gasteiger partial charge in [0, 0.05) is 12.1 Å². The predicted octanol–water partition coefficient (Wildman–Crippen LogP) is 3.83. The van der Waals surface area contributed by atoms with E-state index >= 15 is 0 Å². The van der Waals surface area contributed by atoms with Gasteiger partial charge in [-0.15, -0.1) is 11.3 Å². The molecule has 0 aliphatic rings. The molecule has 0 aromatic carbocycles. The Morgan fingerprint density at radius 1 is 1.30 bits per heavy atom. The summed E-state index contributed by atoms with van der Waals surface area (Å²) in [5.74, 6) is 0. The van der Waals surface area contributed by atoms with E-state index in [4.69, 9.17) is 5.26 Å². The van der Waals surface area contributed by atoms with Gasteiger partial charge in [-0.25, -0.2) is 0 Å². The second-order valence-corrected chi connectivity index (χ2v) is 5.67. The minimum Gasteiger partial charge on any atom is -0.307 e. The van der Waals surface area contributed by atoms with Crippen molar-refractivity contribution in [2.24, 2.45) is 0 Å². The molecule has 0 saturated heterocycles. The van der Waals surface area contributed by atoms with Crippen molar-refractivity contribution in [3.63, 3.8) is 0 Å². The number of unbranched alkanes of at least 4 members (excludes halogenated alkanes) is 2. The summed E-state index contributed by atoms with van der Waals surface area (Å²) in [6.07, 6.45) is 3.40. The Balaban J connectivity index is 2.43. The number of thiophene rings is 1. The largest absolute Gasteiger partial charge is 0.307 e. The topological polar surface area (TPSA) is 45.8 Å². The summed E-state index contributed by atoms with van der Waals surface area (Å²) in [6, 6.07) is 9.83. The molecule has 0 atom stereocenters. The number of nitrogens with zero attached hydrogens (tertiary/aromatic N) is 2. The molecule has 0 aliphatic heterocycles. The third kappa shape index (κ3) is 3.17. The quantitative estimate of drug-likeness (QED) is 0.757. The van der Waals surface area contributed by atoms with Crippen molar-refractivity contribution in [3.8, 4) is 16.6 Å². The van der Waals surface area contributed by atoms with Gasteiger partial charge >= 0.3 is 0 Å². The molecule has 104 valence electrons. The Hall–Kier alpha value is -1.86. The molecule has 4 heteroatoms. The smallest absolute Gasteiger partial charge is 0.255 e. The van der Waals surface area contributed by atoms with Gasteiger partial charge in [0.25, 0.3) is 5.56 Å². The lowest BCUT2D eigenvalue weighted by molar-refractivity contribution is 0.590. The highest BCUT2D eigenvalue weighted by atomic mass is 32.1. The number of aromatic nitrogens is 1. The van der Waals surface area contributed by atoms with Gasteiger partial charge in [-0.05, 0) is 23.9 Å². The Morgan fingerprint density at radius 3 is 2.80 bits per heavy atom. The molecule has 0 aliphatic carbocycles. The van der Waals surface area contributed by atoms with Crippen LogP contribution in [0.25, 0.3) is 10.6 Å². The van der Waals surface area contributed by atoms with Crippen molar-refractivity contribution in [1.82, 2.24) is 4.57 Å². The molecule has 0 saturated carbocycles. The lowest BCUT2D eigenvalue weighted by Crippen LogP contribution is -2.25. The maximum Gasteiger partial charge on any atom is 0.255 e. The third-order valence-electron chi connectivity index (χ3n) is 3.28. The summed E-state index contributed by atoms with van der Waals surface area (Å²) in [5.41, 5.74) is 1.53. The number of hydrogen-bond donors (Lipinski definition) is 0. The third-order valence-corrected chi connectivity index (χ3v) is 4.17. The van der Waals surface area contributed by atoms with Crippen LogP contribution >= 0.6 is 11.3 Å². The Bertz CT molecular complexity index is 650. The minimum absolute atomic E-state index is 0.0199. The molecule has 2 aromatic rings. The normalized spacial score (nSPS) is 10.4. The van der Waals surface area contributed by atoms with Crippen LogP contribution in [0.4, 0.5) is 0 Å². The zero-order valence-corrected chi connectivity index (χ0v) is 12.4. The summed E-state index contributed by atoms with van der Waals surface area (Å²) in [6.45, 7) is 2.87. The number of hydrogen-bond acceptors (Lipinski definition) is 3. The summed E-state index contributed by atoms with van der Waals surface area (Å²) in [7, 11) is 0. The lowest BCUT2D eigenvalue weighted by Gasteiger charge is -2.13. The molecule has 0 unspecified atom stereocenters. The van der Waals surface area contributed by atoms with E-state index in [1.165, 1.54) is 0 Å². The van der Waals surface area contributed by atoms with Gasteiger partial charge in [-0.1, -0.05) is 31.9 Å². The van der Waals surface area contributed by atoms with E-state index in [0.29, 0.717) is 5.56 Å². The molecule has 2 aromatic heterocycles. The van der Waals surface area contributed by atoms with Crippen molar-refractivity contribution >= 4 is 11.3 Å². The number of nitriles is 1. The van der Waals surface area contributed by atoms with Crippen LogP contribution in [0.1, 0.15) is 31.7 Å². The van der Waals surface area contributed by atoms with Crippen LogP contribution in [0.3, 0.4) is 0 Å². The SMILES string of the molecule is CCCCCn1c(-c2cccs2)ccc(CC#N)c1=O. The molecule has 2 heterocycles. The van der Waals surface area contributed by atoms with Crippen LogP contribution in [-0.2, 0) is 13.0 Å². The van der Waals surface area contributed by atoms with E-state index in [9.17, 15) is 4.79 Å². The molecule has 0 fully saturated rings. The van der Waals surface area contributed by atoms with E-state index in [0.717, 1.165) is 36.4 Å². The van der Waals surface area contributed by atoms with Crippen LogP contribution in [0.15, 0.2) is 34.4 Å². The average molecular weight is 286 g/mol. The molecule has 2 rings (SSSR count). The Labute approximate surface area is 123 Å². The van der Waals surface area contributed by atoms with Crippen LogP contribution in [0, 0.1) is 11.3 Å². The second-order valence-electron chi connectivity index (χ2n) is 4.72. The van der Waals surface area contributed by atoms with E-state index in [1.54, 1.807) is 17.4 Å². The minimum atomic E-state index is -0.0199. The number of rotatable bonds is 6. The molecule has 20 heavy (non-hydrogen) atoms. The van der Waals surface area contributed by atoms with Crippen molar-refractivity contribution in [2.45, 2.75) is 39.2 Å². The van der Waals surface area contributed by atoms with Gasteiger partial charge in [0.05, 0.1) is 23.1 Å². The average Bonchev–Trinajstić information content (AvgIpc) is 2.97. The number of pyridine rings is 1. The van der Waals surface area contributed by atoms with Gasteiger partial charge in [-0.3, -0.25) is 4.79 Å². The standard InChI is InChI=1S/C16H18N2OS/c1-2-3-4-11-18-14(15-6-5-12-20-15)8-7-13(9-10-17)16(18)19/h5-8,12H,2-4,9,11H2,1H3. The summed E-state index contributed by atoms with van der Waals surface area (Å²) in [4.78, 5) is 13.6. The molecular formula is C16H18N2OS. The van der Waals surface area contributed by atoms with Crippen LogP contribution < -0.4 is 5.56 Å². The molecule has 0 N–H and O–H groups in total. The maximum atomic E-state index is 12.5. The van der Waals surface area contributed by atoms with E-state index < -0.39 is 0 Å². The van der Waals surface area contributed by atoms with Crippen molar-refractivity contribution in [1.29, 1.82) is 5.26 Å². The van der Waals surface area contributed by atoms with Crippen molar-refractivity contribution < 1.29 is 0 Å². The zero-order valence-electron chi connectivity index (χ0n) is 11.6. The molecule has 0 bridgehead atoms. The van der Waals surface area contributed by atoms with E-state index in [2.05, 4.69) is 13.0 Å². The Kier molecular flexibility index (Phi) is 5.14. The molecular weight excluding hydrogens is 268 g/mol. The first kappa shape index (κ1) is 14.5. The van der Waals surface area contributed by atoms with Crippen molar-refractivity contribution in [2.75, 3.05) is 0 Å². The Morgan fingerprint density at radius 2 is 2.15 bits per heavy atom.